The Balaban J connectivity index is 2.52. The van der Waals surface area contributed by atoms with Gasteiger partial charge in [0, 0.05) is 11.3 Å². The zero-order chi connectivity index (χ0) is 18.8. The number of rotatable bonds is 8. The molecule has 0 heterocycles. The summed E-state index contributed by atoms with van der Waals surface area (Å²) in [5.41, 5.74) is 11.5. The lowest BCUT2D eigenvalue weighted by Gasteiger charge is -2.10. The second-order valence-electron chi connectivity index (χ2n) is 4.99. The number of amides is 1. The fraction of sp³-hybridized carbons (Fsp3) is 0.357. The van der Waals surface area contributed by atoms with Crippen LogP contribution < -0.4 is 16.8 Å². The molecule has 6 N–H and O–H groups in total. The summed E-state index contributed by atoms with van der Waals surface area (Å²) in [4.78, 5) is 35.9. The van der Waals surface area contributed by atoms with Crippen molar-refractivity contribution in [3.63, 3.8) is 0 Å². The van der Waals surface area contributed by atoms with Crippen molar-refractivity contribution in [3.8, 4) is 0 Å². The maximum Gasteiger partial charge on any atom is 0.414 e. The van der Waals surface area contributed by atoms with E-state index in [9.17, 15) is 19.7 Å². The number of nitrogens with two attached hydrogens (primary N) is 2. The number of ether oxygens (including phenoxy) is 1. The average Bonchev–Trinajstić information content (AvgIpc) is 2.56. The number of guanidine groups is 1. The number of carboxylic acids is 1. The zero-order valence-corrected chi connectivity index (χ0v) is 13.2. The summed E-state index contributed by atoms with van der Waals surface area (Å²) in [5.74, 6) is -1.79. The third-order valence-corrected chi connectivity index (χ3v) is 3.03. The molecule has 1 amide bonds. The Kier molecular flexibility index (Phi) is 7.79. The lowest BCUT2D eigenvalue weighted by molar-refractivity contribution is -0.521. The van der Waals surface area contributed by atoms with Crippen LogP contribution in [0.2, 0.25) is 0 Å². The smallest absolute Gasteiger partial charge is 0.414 e. The number of carbonyl (C=O) groups is 2. The van der Waals surface area contributed by atoms with E-state index in [0.717, 1.165) is 5.56 Å². The molecule has 1 rings (SSSR count). The van der Waals surface area contributed by atoms with Gasteiger partial charge in [0.05, 0.1) is 0 Å². The first-order valence-electron chi connectivity index (χ1n) is 7.22. The van der Waals surface area contributed by atoms with Crippen LogP contribution in [0.1, 0.15) is 18.4 Å². The Morgan fingerprint density at radius 2 is 1.96 bits per heavy atom. The van der Waals surface area contributed by atoms with Gasteiger partial charge in [-0.1, -0.05) is 30.3 Å². The maximum absolute atomic E-state index is 11.6. The number of nitro groups is 1. The first-order valence-corrected chi connectivity index (χ1v) is 7.22. The average molecular weight is 353 g/mol. The number of nitrogens with zero attached hydrogens (tertiary/aromatic N) is 2. The molecule has 11 nitrogen and oxygen atoms in total. The summed E-state index contributed by atoms with van der Waals surface area (Å²) >= 11 is 0. The predicted molar refractivity (Wildman–Crippen MR) is 87.0 cm³/mol. The van der Waals surface area contributed by atoms with Gasteiger partial charge in [-0.25, -0.2) is 4.79 Å². The van der Waals surface area contributed by atoms with Gasteiger partial charge < -0.3 is 21.3 Å². The molecule has 0 aliphatic carbocycles. The monoisotopic (exact) mass is 353 g/mol. The highest BCUT2D eigenvalue weighted by Gasteiger charge is 2.23. The van der Waals surface area contributed by atoms with E-state index in [2.05, 4.69) is 10.3 Å². The number of hydrogen-bond acceptors (Lipinski definition) is 7. The molecule has 0 radical (unpaired) electrons. The highest BCUT2D eigenvalue weighted by atomic mass is 16.6. The van der Waals surface area contributed by atoms with Gasteiger partial charge in [-0.3, -0.25) is 20.2 Å². The van der Waals surface area contributed by atoms with Crippen molar-refractivity contribution in [2.24, 2.45) is 16.5 Å². The van der Waals surface area contributed by atoms with Crippen LogP contribution in [-0.4, -0.2) is 40.3 Å². The summed E-state index contributed by atoms with van der Waals surface area (Å²) in [6.07, 6.45) is -2.87. The first kappa shape index (κ1) is 19.8. The third-order valence-electron chi connectivity index (χ3n) is 3.03. The van der Waals surface area contributed by atoms with Crippen LogP contribution in [0.5, 0.6) is 0 Å². The van der Waals surface area contributed by atoms with Gasteiger partial charge in [0.25, 0.3) is 0 Å². The molecule has 0 aliphatic heterocycles. The minimum atomic E-state index is -1.53. The Morgan fingerprint density at radius 1 is 1.32 bits per heavy atom. The molecule has 1 unspecified atom stereocenters. The normalized spacial score (nSPS) is 13.6. The predicted octanol–water partition coefficient (Wildman–Crippen LogP) is 0.0224. The van der Waals surface area contributed by atoms with Gasteiger partial charge in [0.15, 0.2) is 0 Å². The minimum Gasteiger partial charge on any atom is -0.480 e. The summed E-state index contributed by atoms with van der Waals surface area (Å²) in [5, 5.41) is 21.6. The second-order valence-corrected chi connectivity index (χ2v) is 4.99. The molecule has 0 saturated carbocycles. The second kappa shape index (κ2) is 9.82. The van der Waals surface area contributed by atoms with Crippen LogP contribution in [0.4, 0.5) is 4.79 Å². The van der Waals surface area contributed by atoms with Crippen LogP contribution in [0, 0.1) is 10.1 Å². The number of alkyl carbamates (subject to hydrolysis) is 1. The van der Waals surface area contributed by atoms with Crippen LogP contribution in [-0.2, 0) is 16.1 Å². The van der Waals surface area contributed by atoms with Crippen LogP contribution >= 0.6 is 0 Å². The van der Waals surface area contributed by atoms with Crippen molar-refractivity contribution >= 4 is 18.0 Å². The molecule has 1 aromatic carbocycles. The van der Waals surface area contributed by atoms with Crippen LogP contribution in [0.3, 0.4) is 0 Å². The topological polar surface area (TPSA) is 183 Å². The van der Waals surface area contributed by atoms with E-state index >= 15 is 0 Å². The van der Waals surface area contributed by atoms with Crippen LogP contribution in [0.15, 0.2) is 35.3 Å². The van der Waals surface area contributed by atoms with Crippen molar-refractivity contribution < 1.29 is 24.4 Å². The van der Waals surface area contributed by atoms with E-state index in [0.29, 0.717) is 0 Å². The van der Waals surface area contributed by atoms with E-state index in [1.807, 2.05) is 6.07 Å². The molecular formula is C14H19N5O6. The molecule has 0 saturated heterocycles. The largest absolute Gasteiger partial charge is 0.480 e. The molecule has 0 aliphatic rings. The first-order chi connectivity index (χ1) is 11.8. The van der Waals surface area contributed by atoms with Crippen molar-refractivity contribution in [3.05, 3.63) is 46.0 Å². The van der Waals surface area contributed by atoms with Gasteiger partial charge in [-0.2, -0.15) is 4.99 Å². The van der Waals surface area contributed by atoms with Crippen molar-refractivity contribution in [2.45, 2.75) is 31.7 Å². The number of carboxylic acid groups (broad SMARTS) is 1. The molecule has 0 fully saturated rings. The summed E-state index contributed by atoms with van der Waals surface area (Å²) in [6, 6.07) is 7.61. The Hall–Kier alpha value is -3.21. The third kappa shape index (κ3) is 7.74. The van der Waals surface area contributed by atoms with Gasteiger partial charge in [-0.05, 0) is 12.0 Å². The van der Waals surface area contributed by atoms with Crippen molar-refractivity contribution in [1.82, 2.24) is 5.32 Å². The van der Waals surface area contributed by atoms with Crippen molar-refractivity contribution in [2.75, 3.05) is 0 Å². The van der Waals surface area contributed by atoms with E-state index < -0.39 is 35.2 Å². The number of benzene rings is 1. The quantitative estimate of drug-likeness (QED) is 0.218. The van der Waals surface area contributed by atoms with E-state index in [1.54, 1.807) is 24.3 Å². The Morgan fingerprint density at radius 3 is 2.52 bits per heavy atom. The van der Waals surface area contributed by atoms with E-state index in [1.165, 1.54) is 0 Å². The van der Waals surface area contributed by atoms with Gasteiger partial charge in [0.1, 0.15) is 12.6 Å². The number of aliphatic imine (C=N–C) groups is 1. The minimum absolute atomic E-state index is 0.00785. The van der Waals surface area contributed by atoms with E-state index in [4.69, 9.17) is 21.3 Å². The SMILES string of the molecule is N/C(=N\C(CC[C@H](N)C(=O)O)[N+](=O)[O-])NC(=O)OCc1ccccc1. The lowest BCUT2D eigenvalue weighted by atomic mass is 10.1. The van der Waals surface area contributed by atoms with Gasteiger partial charge in [0.2, 0.25) is 5.96 Å². The number of nitrogens with one attached hydrogen (secondary N) is 1. The number of carbonyl (C=O) groups excluding carboxylic acids is 1. The summed E-state index contributed by atoms with van der Waals surface area (Å²) in [6.45, 7) is -0.00785. The molecule has 0 spiro atoms. The molecule has 2 atom stereocenters. The van der Waals surface area contributed by atoms with Gasteiger partial charge in [-0.15, -0.1) is 0 Å². The fourth-order valence-corrected chi connectivity index (χ4v) is 1.73. The molecule has 136 valence electrons. The Bertz CT molecular complexity index is 636. The summed E-state index contributed by atoms with van der Waals surface area (Å²) < 4.78 is 4.89. The van der Waals surface area contributed by atoms with Crippen molar-refractivity contribution in [1.29, 1.82) is 0 Å². The number of aliphatic carboxylic acids is 1. The van der Waals surface area contributed by atoms with Gasteiger partial charge >= 0.3 is 18.2 Å². The molecule has 0 aromatic heterocycles. The van der Waals surface area contributed by atoms with E-state index in [-0.39, 0.29) is 19.4 Å². The highest BCUT2D eigenvalue weighted by Crippen LogP contribution is 2.05. The zero-order valence-electron chi connectivity index (χ0n) is 13.2. The molecule has 0 bridgehead atoms. The van der Waals surface area contributed by atoms with Crippen LogP contribution in [0.25, 0.3) is 0 Å². The maximum atomic E-state index is 11.6. The summed E-state index contributed by atoms with van der Waals surface area (Å²) in [7, 11) is 0. The lowest BCUT2D eigenvalue weighted by Crippen LogP contribution is -2.39. The fourth-order valence-electron chi connectivity index (χ4n) is 1.73. The number of hydrogen-bond donors (Lipinski definition) is 4. The molecular weight excluding hydrogens is 334 g/mol. The standard InChI is InChI=1S/C14H19N5O6/c15-10(12(20)21)6-7-11(19(23)24)17-13(16)18-14(22)25-8-9-4-2-1-3-5-9/h1-5,10-11H,6-8,15H2,(H,20,21)(H3,16,17,18,22)/t10-,11?/m0/s1. The Labute approximate surface area is 142 Å². The molecule has 11 heteroatoms. The highest BCUT2D eigenvalue weighted by molar-refractivity contribution is 5.92. The molecule has 25 heavy (non-hydrogen) atoms. The molecule has 1 aromatic rings.